The molecule has 0 radical (unpaired) electrons. The van der Waals surface area contributed by atoms with Crippen LogP contribution in [0.2, 0.25) is 0 Å². The minimum Gasteiger partial charge on any atom is -0.298 e. The highest BCUT2D eigenvalue weighted by Gasteiger charge is 2.13. The highest BCUT2D eigenvalue weighted by Crippen LogP contribution is 2.22. The zero-order valence-corrected chi connectivity index (χ0v) is 7.47. The zero-order chi connectivity index (χ0) is 10.0. The van der Waals surface area contributed by atoms with Crippen LogP contribution in [0.4, 0.5) is 8.78 Å². The maximum atomic E-state index is 13.1. The van der Waals surface area contributed by atoms with Crippen molar-refractivity contribution in [1.29, 1.82) is 0 Å². The molecule has 0 fully saturated rings. The second-order valence-electron chi connectivity index (χ2n) is 3.17. The highest BCUT2D eigenvalue weighted by atomic mass is 19.1. The SMILES string of the molecule is CC(C)c1c(F)cc(C=O)cc1F. The molecule has 70 valence electrons. The third-order valence-electron chi connectivity index (χ3n) is 1.81. The van der Waals surface area contributed by atoms with Gasteiger partial charge < -0.3 is 0 Å². The summed E-state index contributed by atoms with van der Waals surface area (Å²) in [7, 11) is 0. The van der Waals surface area contributed by atoms with Gasteiger partial charge >= 0.3 is 0 Å². The van der Waals surface area contributed by atoms with Crippen LogP contribution in [0.5, 0.6) is 0 Å². The molecule has 0 unspecified atom stereocenters. The first-order valence-corrected chi connectivity index (χ1v) is 4.00. The van der Waals surface area contributed by atoms with Gasteiger partial charge in [0.1, 0.15) is 17.9 Å². The molecule has 0 aromatic heterocycles. The van der Waals surface area contributed by atoms with E-state index in [0.29, 0.717) is 6.29 Å². The summed E-state index contributed by atoms with van der Waals surface area (Å²) in [5.41, 5.74) is 0.0602. The number of halogens is 2. The topological polar surface area (TPSA) is 17.1 Å². The minimum atomic E-state index is -0.655. The van der Waals surface area contributed by atoms with E-state index in [9.17, 15) is 13.6 Å². The molecule has 1 rings (SSSR count). The Morgan fingerprint density at radius 2 is 1.69 bits per heavy atom. The van der Waals surface area contributed by atoms with Gasteiger partial charge in [-0.3, -0.25) is 4.79 Å². The molecule has 1 aromatic carbocycles. The molecule has 0 atom stereocenters. The summed E-state index contributed by atoms with van der Waals surface area (Å²) < 4.78 is 26.3. The van der Waals surface area contributed by atoms with Crippen LogP contribution in [0.15, 0.2) is 12.1 Å². The van der Waals surface area contributed by atoms with Crippen molar-refractivity contribution in [3.05, 3.63) is 34.9 Å². The van der Waals surface area contributed by atoms with Gasteiger partial charge in [0.15, 0.2) is 0 Å². The number of rotatable bonds is 2. The molecule has 3 heteroatoms. The molecule has 0 heterocycles. The fourth-order valence-corrected chi connectivity index (χ4v) is 1.22. The van der Waals surface area contributed by atoms with Crippen molar-refractivity contribution >= 4 is 6.29 Å². The molecular formula is C10H10F2O. The molecule has 0 aliphatic rings. The zero-order valence-electron chi connectivity index (χ0n) is 7.47. The predicted molar refractivity (Wildman–Crippen MR) is 45.8 cm³/mol. The van der Waals surface area contributed by atoms with Crippen LogP contribution in [0.25, 0.3) is 0 Å². The Bertz CT molecular complexity index is 309. The molecule has 0 amide bonds. The van der Waals surface area contributed by atoms with E-state index >= 15 is 0 Å². The number of aldehydes is 1. The molecule has 0 aliphatic carbocycles. The fraction of sp³-hybridized carbons (Fsp3) is 0.300. The Morgan fingerprint density at radius 1 is 1.23 bits per heavy atom. The molecule has 1 aromatic rings. The van der Waals surface area contributed by atoms with Crippen LogP contribution < -0.4 is 0 Å². The van der Waals surface area contributed by atoms with Crippen LogP contribution in [0.1, 0.15) is 35.7 Å². The summed E-state index contributed by atoms with van der Waals surface area (Å²) in [5.74, 6) is -1.53. The van der Waals surface area contributed by atoms with E-state index in [1.165, 1.54) is 0 Å². The van der Waals surface area contributed by atoms with Gasteiger partial charge in [-0.1, -0.05) is 13.8 Å². The lowest BCUT2D eigenvalue weighted by Gasteiger charge is -2.08. The van der Waals surface area contributed by atoms with Crippen LogP contribution in [0, 0.1) is 11.6 Å². The molecule has 0 spiro atoms. The molecule has 0 bridgehead atoms. The summed E-state index contributed by atoms with van der Waals surface area (Å²) in [4.78, 5) is 10.3. The van der Waals surface area contributed by atoms with Gasteiger partial charge in [-0.2, -0.15) is 0 Å². The van der Waals surface area contributed by atoms with Gasteiger partial charge in [0.25, 0.3) is 0 Å². The Labute approximate surface area is 75.4 Å². The summed E-state index contributed by atoms with van der Waals surface area (Å²) >= 11 is 0. The first-order valence-electron chi connectivity index (χ1n) is 4.00. The van der Waals surface area contributed by atoms with Gasteiger partial charge in [-0.05, 0) is 18.1 Å². The van der Waals surface area contributed by atoms with E-state index in [2.05, 4.69) is 0 Å². The Morgan fingerprint density at radius 3 is 2.00 bits per heavy atom. The number of carbonyl (C=O) groups is 1. The van der Waals surface area contributed by atoms with Crippen molar-refractivity contribution in [2.45, 2.75) is 19.8 Å². The highest BCUT2D eigenvalue weighted by molar-refractivity contribution is 5.74. The van der Waals surface area contributed by atoms with E-state index < -0.39 is 11.6 Å². The molecule has 0 N–H and O–H groups in total. The number of hydrogen-bond acceptors (Lipinski definition) is 1. The molecule has 0 aliphatic heterocycles. The number of hydrogen-bond donors (Lipinski definition) is 0. The standard InChI is InChI=1S/C10H10F2O/c1-6(2)10-8(11)3-7(5-13)4-9(10)12/h3-6H,1-2H3. The van der Waals surface area contributed by atoms with Crippen LogP contribution in [-0.2, 0) is 0 Å². The van der Waals surface area contributed by atoms with Crippen LogP contribution in [0.3, 0.4) is 0 Å². The minimum absolute atomic E-state index is 0.0272. The predicted octanol–water partition coefficient (Wildman–Crippen LogP) is 2.90. The molecule has 0 saturated heterocycles. The average Bonchev–Trinajstić information content (AvgIpc) is 2.02. The summed E-state index contributed by atoms with van der Waals surface area (Å²) in [6.45, 7) is 3.39. The van der Waals surface area contributed by atoms with Gasteiger partial charge in [0.05, 0.1) is 0 Å². The number of benzene rings is 1. The van der Waals surface area contributed by atoms with E-state index in [1.54, 1.807) is 13.8 Å². The lowest BCUT2D eigenvalue weighted by atomic mass is 10.0. The van der Waals surface area contributed by atoms with Crippen molar-refractivity contribution in [1.82, 2.24) is 0 Å². The molecular weight excluding hydrogens is 174 g/mol. The van der Waals surface area contributed by atoms with Gasteiger partial charge in [0.2, 0.25) is 0 Å². The van der Waals surface area contributed by atoms with Crippen molar-refractivity contribution in [2.24, 2.45) is 0 Å². The van der Waals surface area contributed by atoms with Crippen LogP contribution in [-0.4, -0.2) is 6.29 Å². The second kappa shape index (κ2) is 3.64. The van der Waals surface area contributed by atoms with Gasteiger partial charge in [0, 0.05) is 11.1 Å². The molecule has 1 nitrogen and oxygen atoms in total. The van der Waals surface area contributed by atoms with Gasteiger partial charge in [-0.15, -0.1) is 0 Å². The summed E-state index contributed by atoms with van der Waals surface area (Å²) in [5, 5.41) is 0. The maximum absolute atomic E-state index is 13.1. The Kier molecular flexibility index (Phi) is 2.76. The first-order chi connectivity index (χ1) is 6.06. The maximum Gasteiger partial charge on any atom is 0.150 e. The van der Waals surface area contributed by atoms with E-state index in [-0.39, 0.29) is 17.0 Å². The van der Waals surface area contributed by atoms with Gasteiger partial charge in [-0.25, -0.2) is 8.78 Å². The average molecular weight is 184 g/mol. The monoisotopic (exact) mass is 184 g/mol. The smallest absolute Gasteiger partial charge is 0.150 e. The number of carbonyl (C=O) groups excluding carboxylic acids is 1. The lowest BCUT2D eigenvalue weighted by molar-refractivity contribution is 0.112. The summed E-state index contributed by atoms with van der Waals surface area (Å²) in [6, 6.07) is 2.09. The van der Waals surface area contributed by atoms with Crippen molar-refractivity contribution in [2.75, 3.05) is 0 Å². The normalized spacial score (nSPS) is 10.5. The third-order valence-corrected chi connectivity index (χ3v) is 1.81. The largest absolute Gasteiger partial charge is 0.298 e. The Hall–Kier alpha value is -1.25. The van der Waals surface area contributed by atoms with Crippen LogP contribution >= 0.6 is 0 Å². The van der Waals surface area contributed by atoms with Crippen molar-refractivity contribution in [3.8, 4) is 0 Å². The Balaban J connectivity index is 3.31. The van der Waals surface area contributed by atoms with E-state index in [0.717, 1.165) is 12.1 Å². The quantitative estimate of drug-likeness (QED) is 0.646. The first kappa shape index (κ1) is 9.84. The third kappa shape index (κ3) is 1.91. The van der Waals surface area contributed by atoms with E-state index in [4.69, 9.17) is 0 Å². The van der Waals surface area contributed by atoms with E-state index in [1.807, 2.05) is 0 Å². The van der Waals surface area contributed by atoms with Crippen molar-refractivity contribution in [3.63, 3.8) is 0 Å². The molecule has 0 saturated carbocycles. The lowest BCUT2D eigenvalue weighted by Crippen LogP contribution is -1.99. The fourth-order valence-electron chi connectivity index (χ4n) is 1.22. The second-order valence-corrected chi connectivity index (χ2v) is 3.17. The molecule has 13 heavy (non-hydrogen) atoms. The van der Waals surface area contributed by atoms with Crippen molar-refractivity contribution < 1.29 is 13.6 Å². The summed E-state index contributed by atoms with van der Waals surface area (Å²) in [6.07, 6.45) is 0.427.